The number of hydrogen-bond donors (Lipinski definition) is 0. The number of aryl methyl sites for hydroxylation is 1. The summed E-state index contributed by atoms with van der Waals surface area (Å²) in [5.74, 6) is -0.212. The van der Waals surface area contributed by atoms with Crippen LogP contribution < -0.4 is 0 Å². The molecule has 0 saturated heterocycles. The van der Waals surface area contributed by atoms with Gasteiger partial charge in [-0.15, -0.1) is 0 Å². The van der Waals surface area contributed by atoms with E-state index in [0.717, 1.165) is 10.5 Å². The van der Waals surface area contributed by atoms with Gasteiger partial charge in [-0.25, -0.2) is 0 Å². The molecule has 0 heterocycles. The van der Waals surface area contributed by atoms with E-state index in [-0.39, 0.29) is 19.1 Å². The fourth-order valence-electron chi connectivity index (χ4n) is 2.22. The van der Waals surface area contributed by atoms with Gasteiger partial charge in [0.1, 0.15) is 0 Å². The summed E-state index contributed by atoms with van der Waals surface area (Å²) in [7, 11) is -3.57. The highest BCUT2D eigenvalue weighted by Crippen LogP contribution is 2.58. The van der Waals surface area contributed by atoms with E-state index in [4.69, 9.17) is 9.05 Å². The summed E-state index contributed by atoms with van der Waals surface area (Å²) in [6, 6.07) is 7.77. The molecule has 0 aliphatic rings. The van der Waals surface area contributed by atoms with Crippen molar-refractivity contribution in [1.82, 2.24) is 4.90 Å². The number of amides is 1. The molecule has 1 aromatic rings. The zero-order valence-electron chi connectivity index (χ0n) is 15.2. The minimum Gasteiger partial charge on any atom is -0.342 e. The molecule has 1 rings (SSSR count). The summed E-state index contributed by atoms with van der Waals surface area (Å²) in [6.45, 7) is 10.9. The first-order valence-corrected chi connectivity index (χ1v) is 10.8. The Balaban J connectivity index is 3.20. The second-order valence-electron chi connectivity index (χ2n) is 5.17. The Morgan fingerprint density at radius 1 is 1.08 bits per heavy atom. The van der Waals surface area contributed by atoms with Gasteiger partial charge in [0.15, 0.2) is 4.99 Å². The molecule has 0 N–H and O–H groups in total. The molecule has 1 atom stereocenters. The number of carbonyl (C=O) groups excluding carboxylic acids is 1. The highest BCUT2D eigenvalue weighted by Gasteiger charge is 2.43. The lowest BCUT2D eigenvalue weighted by atomic mass is 10.2. The standard InChI is InChI=1S/C17H28NO4PS/c1-6-18(7-2)16(19)17(23(20,21-8-3)22-9-4)24-15-12-10-14(5)11-13-15/h10-13,17H,6-9H2,1-5H3/t17-/m0/s1. The first-order chi connectivity index (χ1) is 11.4. The molecular weight excluding hydrogens is 345 g/mol. The predicted molar refractivity (Wildman–Crippen MR) is 99.6 cm³/mol. The molecule has 0 aliphatic heterocycles. The van der Waals surface area contributed by atoms with Gasteiger partial charge in [0, 0.05) is 18.0 Å². The number of benzene rings is 1. The van der Waals surface area contributed by atoms with Crippen LogP contribution in [0.15, 0.2) is 29.2 Å². The van der Waals surface area contributed by atoms with Crippen LogP contribution in [0.3, 0.4) is 0 Å². The van der Waals surface area contributed by atoms with Gasteiger partial charge in [0.25, 0.3) is 0 Å². The fourth-order valence-corrected chi connectivity index (χ4v) is 5.77. The van der Waals surface area contributed by atoms with E-state index >= 15 is 0 Å². The van der Waals surface area contributed by atoms with E-state index in [0.29, 0.717) is 13.1 Å². The zero-order valence-corrected chi connectivity index (χ0v) is 16.9. The summed E-state index contributed by atoms with van der Waals surface area (Å²) in [5.41, 5.74) is 1.13. The van der Waals surface area contributed by atoms with Crippen molar-refractivity contribution in [1.29, 1.82) is 0 Å². The van der Waals surface area contributed by atoms with Crippen LogP contribution >= 0.6 is 19.4 Å². The van der Waals surface area contributed by atoms with Crippen molar-refractivity contribution in [3.8, 4) is 0 Å². The van der Waals surface area contributed by atoms with Crippen molar-refractivity contribution < 1.29 is 18.4 Å². The predicted octanol–water partition coefficient (Wildman–Crippen LogP) is 4.55. The number of nitrogens with zero attached hydrogens (tertiary/aromatic N) is 1. The number of thioether (sulfide) groups is 1. The highest BCUT2D eigenvalue weighted by molar-refractivity contribution is 8.06. The van der Waals surface area contributed by atoms with Crippen molar-refractivity contribution >= 4 is 25.3 Å². The molecule has 0 bridgehead atoms. The highest BCUT2D eigenvalue weighted by atomic mass is 32.2. The summed E-state index contributed by atoms with van der Waals surface area (Å²) in [5, 5.41) is 0. The minimum absolute atomic E-state index is 0.212. The molecule has 5 nitrogen and oxygen atoms in total. The van der Waals surface area contributed by atoms with E-state index in [2.05, 4.69) is 0 Å². The maximum absolute atomic E-state index is 13.2. The van der Waals surface area contributed by atoms with Gasteiger partial charge < -0.3 is 13.9 Å². The lowest BCUT2D eigenvalue weighted by Gasteiger charge is -2.29. The molecule has 0 fully saturated rings. The molecule has 0 aliphatic carbocycles. The third-order valence-corrected chi connectivity index (χ3v) is 7.55. The van der Waals surface area contributed by atoms with E-state index in [1.54, 1.807) is 18.7 Å². The van der Waals surface area contributed by atoms with Crippen LogP contribution in [0.25, 0.3) is 0 Å². The van der Waals surface area contributed by atoms with Crippen LogP contribution in [0, 0.1) is 6.92 Å². The third-order valence-electron chi connectivity index (χ3n) is 3.46. The average molecular weight is 373 g/mol. The van der Waals surface area contributed by atoms with Crippen LogP contribution in [-0.2, 0) is 18.4 Å². The van der Waals surface area contributed by atoms with Crippen LogP contribution in [0.2, 0.25) is 0 Å². The molecular formula is C17H28NO4PS. The molecule has 0 radical (unpaired) electrons. The normalized spacial score (nSPS) is 12.9. The SMILES string of the molecule is CCOP(=O)(OCC)[C@@H](Sc1ccc(C)cc1)C(=O)N(CC)CC. The maximum atomic E-state index is 13.2. The van der Waals surface area contributed by atoms with Crippen LogP contribution in [0.4, 0.5) is 0 Å². The first kappa shape index (κ1) is 21.2. The Labute approximate surface area is 149 Å². The van der Waals surface area contributed by atoms with Crippen LogP contribution in [-0.4, -0.2) is 42.1 Å². The Morgan fingerprint density at radius 3 is 2.00 bits per heavy atom. The van der Waals surface area contributed by atoms with E-state index in [9.17, 15) is 9.36 Å². The summed E-state index contributed by atoms with van der Waals surface area (Å²) >= 11 is 1.25. The monoisotopic (exact) mass is 373 g/mol. The lowest BCUT2D eigenvalue weighted by molar-refractivity contribution is -0.129. The van der Waals surface area contributed by atoms with Gasteiger partial charge >= 0.3 is 7.60 Å². The van der Waals surface area contributed by atoms with Gasteiger partial charge in [-0.05, 0) is 46.8 Å². The second kappa shape index (κ2) is 10.2. The molecule has 24 heavy (non-hydrogen) atoms. The van der Waals surface area contributed by atoms with Crippen molar-refractivity contribution in [2.24, 2.45) is 0 Å². The van der Waals surface area contributed by atoms with Crippen LogP contribution in [0.5, 0.6) is 0 Å². The molecule has 136 valence electrons. The maximum Gasteiger partial charge on any atom is 0.353 e. The summed E-state index contributed by atoms with van der Waals surface area (Å²) in [6.07, 6.45) is 0. The van der Waals surface area contributed by atoms with Crippen molar-refractivity contribution in [2.45, 2.75) is 44.5 Å². The molecule has 0 spiro atoms. The molecule has 0 aromatic heterocycles. The van der Waals surface area contributed by atoms with Gasteiger partial charge in [-0.2, -0.15) is 0 Å². The Bertz CT molecular complexity index is 550. The van der Waals surface area contributed by atoms with Gasteiger partial charge in [0.2, 0.25) is 5.91 Å². The van der Waals surface area contributed by atoms with E-state index in [1.165, 1.54) is 11.8 Å². The topological polar surface area (TPSA) is 55.8 Å². The van der Waals surface area contributed by atoms with Crippen molar-refractivity contribution in [3.05, 3.63) is 29.8 Å². The second-order valence-corrected chi connectivity index (χ2v) is 8.81. The number of rotatable bonds is 10. The van der Waals surface area contributed by atoms with Crippen molar-refractivity contribution in [3.63, 3.8) is 0 Å². The molecule has 1 amide bonds. The number of hydrogen-bond acceptors (Lipinski definition) is 5. The Hall–Kier alpha value is -0.810. The molecule has 7 heteroatoms. The summed E-state index contributed by atoms with van der Waals surface area (Å²) in [4.78, 5) is 14.6. The Morgan fingerprint density at radius 2 is 1.58 bits per heavy atom. The quantitative estimate of drug-likeness (QED) is 0.445. The molecule has 0 unspecified atom stereocenters. The zero-order chi connectivity index (χ0) is 18.2. The first-order valence-electron chi connectivity index (χ1n) is 8.32. The van der Waals surface area contributed by atoms with Crippen molar-refractivity contribution in [2.75, 3.05) is 26.3 Å². The van der Waals surface area contributed by atoms with Gasteiger partial charge in [-0.3, -0.25) is 9.36 Å². The molecule has 0 saturated carbocycles. The van der Waals surface area contributed by atoms with E-state index in [1.807, 2.05) is 45.0 Å². The average Bonchev–Trinajstić information content (AvgIpc) is 2.55. The van der Waals surface area contributed by atoms with E-state index < -0.39 is 12.6 Å². The van der Waals surface area contributed by atoms with Gasteiger partial charge in [-0.1, -0.05) is 29.5 Å². The van der Waals surface area contributed by atoms with Crippen LogP contribution in [0.1, 0.15) is 33.3 Å². The number of carbonyl (C=O) groups is 1. The fraction of sp³-hybridized carbons (Fsp3) is 0.588. The largest absolute Gasteiger partial charge is 0.353 e. The Kier molecular flexibility index (Phi) is 9.06. The summed E-state index contributed by atoms with van der Waals surface area (Å²) < 4.78 is 24.2. The lowest BCUT2D eigenvalue weighted by Crippen LogP contribution is -2.38. The molecule has 1 aromatic carbocycles. The smallest absolute Gasteiger partial charge is 0.342 e. The third kappa shape index (κ3) is 5.62. The minimum atomic E-state index is -3.57. The van der Waals surface area contributed by atoms with Gasteiger partial charge in [0.05, 0.1) is 13.2 Å².